The van der Waals surface area contributed by atoms with E-state index in [1.54, 1.807) is 24.3 Å². The molecule has 0 radical (unpaired) electrons. The second kappa shape index (κ2) is 5.60. The van der Waals surface area contributed by atoms with Gasteiger partial charge in [0.2, 0.25) is 0 Å². The van der Waals surface area contributed by atoms with Crippen LogP contribution in [0.4, 0.5) is 11.5 Å². The Morgan fingerprint density at radius 3 is 2.50 bits per heavy atom. The lowest BCUT2D eigenvalue weighted by molar-refractivity contribution is 0.475. The number of aryl methyl sites for hydroxylation is 1. The lowest BCUT2D eigenvalue weighted by Crippen LogP contribution is -1.87. The Labute approximate surface area is 129 Å². The number of pyridine rings is 1. The van der Waals surface area contributed by atoms with Gasteiger partial charge >= 0.3 is 0 Å². The molecule has 0 fully saturated rings. The number of rotatable bonds is 3. The number of hydrogen-bond acceptors (Lipinski definition) is 4. The molecule has 112 valence electrons. The summed E-state index contributed by atoms with van der Waals surface area (Å²) in [5.41, 5.74) is 3.63. The summed E-state index contributed by atoms with van der Waals surface area (Å²) < 4.78 is 1.97. The van der Waals surface area contributed by atoms with Gasteiger partial charge in [0.25, 0.3) is 0 Å². The predicted octanol–water partition coefficient (Wildman–Crippen LogP) is 4.89. The van der Waals surface area contributed by atoms with Crippen LogP contribution >= 0.6 is 0 Å². The highest BCUT2D eigenvalue weighted by Crippen LogP contribution is 2.30. The third kappa shape index (κ3) is 2.57. The van der Waals surface area contributed by atoms with Gasteiger partial charge in [0, 0.05) is 6.20 Å². The molecule has 0 saturated heterocycles. The zero-order valence-corrected chi connectivity index (χ0v) is 12.9. The van der Waals surface area contributed by atoms with Crippen molar-refractivity contribution in [2.45, 2.75) is 26.7 Å². The molecule has 0 aliphatic carbocycles. The van der Waals surface area contributed by atoms with Gasteiger partial charge in [0.05, 0.1) is 11.4 Å². The molecule has 0 saturated carbocycles. The molecule has 0 amide bonds. The van der Waals surface area contributed by atoms with Crippen LogP contribution in [0.15, 0.2) is 52.8 Å². The summed E-state index contributed by atoms with van der Waals surface area (Å²) in [6.07, 6.45) is 1.95. The highest BCUT2D eigenvalue weighted by atomic mass is 16.3. The maximum Gasteiger partial charge on any atom is 0.183 e. The quantitative estimate of drug-likeness (QED) is 0.699. The number of imidazole rings is 1. The first kappa shape index (κ1) is 14.3. The fourth-order valence-corrected chi connectivity index (χ4v) is 2.32. The van der Waals surface area contributed by atoms with Crippen molar-refractivity contribution in [3.63, 3.8) is 0 Å². The molecule has 0 aliphatic heterocycles. The minimum absolute atomic E-state index is 0.215. The van der Waals surface area contributed by atoms with Crippen molar-refractivity contribution < 1.29 is 5.11 Å². The molecule has 2 heterocycles. The zero-order chi connectivity index (χ0) is 15.7. The van der Waals surface area contributed by atoms with E-state index in [1.807, 2.05) is 29.7 Å². The second-order valence-electron chi connectivity index (χ2n) is 5.58. The average Bonchev–Trinajstić information content (AvgIpc) is 2.87. The molecular formula is C17H18N4O. The number of nitrogens with zero attached hydrogens (tertiary/aromatic N) is 4. The number of azo groups is 1. The van der Waals surface area contributed by atoms with Crippen LogP contribution < -0.4 is 0 Å². The summed E-state index contributed by atoms with van der Waals surface area (Å²) >= 11 is 0. The monoisotopic (exact) mass is 294 g/mol. The van der Waals surface area contributed by atoms with Crippen LogP contribution in [0.25, 0.3) is 5.65 Å². The number of phenolic OH excluding ortho intramolecular Hbond substituents is 1. The van der Waals surface area contributed by atoms with Crippen LogP contribution in [0.5, 0.6) is 5.75 Å². The van der Waals surface area contributed by atoms with Crippen molar-refractivity contribution in [2.24, 2.45) is 10.2 Å². The summed E-state index contributed by atoms with van der Waals surface area (Å²) in [6.45, 7) is 6.22. The highest BCUT2D eigenvalue weighted by Gasteiger charge is 2.15. The Hall–Kier alpha value is -2.69. The average molecular weight is 294 g/mol. The third-order valence-electron chi connectivity index (χ3n) is 3.50. The molecule has 0 bridgehead atoms. The number of fused-ring (bicyclic) bond motifs is 1. The van der Waals surface area contributed by atoms with Gasteiger partial charge in [-0.2, -0.15) is 0 Å². The van der Waals surface area contributed by atoms with Gasteiger partial charge in [-0.15, -0.1) is 10.2 Å². The molecule has 0 aliphatic rings. The molecule has 3 aromatic rings. The maximum absolute atomic E-state index is 9.31. The molecule has 1 aromatic carbocycles. The summed E-state index contributed by atoms with van der Waals surface area (Å²) in [6, 6.07) is 10.7. The van der Waals surface area contributed by atoms with E-state index in [0.717, 1.165) is 22.7 Å². The molecule has 5 nitrogen and oxygen atoms in total. The van der Waals surface area contributed by atoms with E-state index >= 15 is 0 Å². The minimum atomic E-state index is 0.215. The first-order chi connectivity index (χ1) is 10.6. The normalized spacial score (nSPS) is 11.8. The van der Waals surface area contributed by atoms with E-state index in [1.165, 1.54) is 0 Å². The number of phenols is 1. The van der Waals surface area contributed by atoms with Crippen LogP contribution in [0.1, 0.15) is 31.0 Å². The molecular weight excluding hydrogens is 276 g/mol. The summed E-state index contributed by atoms with van der Waals surface area (Å²) in [7, 11) is 0. The van der Waals surface area contributed by atoms with Crippen molar-refractivity contribution in [2.75, 3.05) is 0 Å². The lowest BCUT2D eigenvalue weighted by atomic mass is 10.1. The molecule has 5 heteroatoms. The predicted molar refractivity (Wildman–Crippen MR) is 86.3 cm³/mol. The van der Waals surface area contributed by atoms with E-state index in [2.05, 4.69) is 24.1 Å². The van der Waals surface area contributed by atoms with E-state index in [0.29, 0.717) is 5.69 Å². The van der Waals surface area contributed by atoms with Crippen LogP contribution in [0.3, 0.4) is 0 Å². The molecule has 1 N–H and O–H groups in total. The molecule has 22 heavy (non-hydrogen) atoms. The van der Waals surface area contributed by atoms with E-state index < -0.39 is 0 Å². The largest absolute Gasteiger partial charge is 0.508 e. The summed E-state index contributed by atoms with van der Waals surface area (Å²) in [5.74, 6) is 1.22. The summed E-state index contributed by atoms with van der Waals surface area (Å²) in [4.78, 5) is 4.71. The van der Waals surface area contributed by atoms with E-state index in [9.17, 15) is 5.11 Å². The first-order valence-electron chi connectivity index (χ1n) is 7.24. The van der Waals surface area contributed by atoms with Gasteiger partial charge in [0.15, 0.2) is 5.82 Å². The standard InChI is InChI=1S/C17H18N4O/c1-11(2)15-17(20-19-13-6-8-14(22)9-7-13)21-10-4-5-12(3)16(21)18-15/h4-11,22H,1-3H3. The van der Waals surface area contributed by atoms with Crippen molar-refractivity contribution in [1.82, 2.24) is 9.38 Å². The Morgan fingerprint density at radius 1 is 1.09 bits per heavy atom. The Balaban J connectivity index is 2.10. The molecule has 0 atom stereocenters. The zero-order valence-electron chi connectivity index (χ0n) is 12.9. The molecule has 2 aromatic heterocycles. The minimum Gasteiger partial charge on any atom is -0.508 e. The smallest absolute Gasteiger partial charge is 0.183 e. The number of aromatic nitrogens is 2. The Morgan fingerprint density at radius 2 is 1.82 bits per heavy atom. The van der Waals surface area contributed by atoms with Gasteiger partial charge in [-0.25, -0.2) is 4.98 Å². The fraction of sp³-hybridized carbons (Fsp3) is 0.235. The number of aromatic hydroxyl groups is 1. The van der Waals surface area contributed by atoms with Crippen LogP contribution in [-0.4, -0.2) is 14.5 Å². The van der Waals surface area contributed by atoms with Crippen molar-refractivity contribution in [1.29, 1.82) is 0 Å². The van der Waals surface area contributed by atoms with E-state index in [4.69, 9.17) is 4.98 Å². The van der Waals surface area contributed by atoms with Gasteiger partial charge in [-0.3, -0.25) is 4.40 Å². The fourth-order valence-electron chi connectivity index (χ4n) is 2.32. The first-order valence-corrected chi connectivity index (χ1v) is 7.24. The van der Waals surface area contributed by atoms with Crippen LogP contribution in [0, 0.1) is 6.92 Å². The second-order valence-corrected chi connectivity index (χ2v) is 5.58. The molecule has 0 spiro atoms. The lowest BCUT2D eigenvalue weighted by Gasteiger charge is -2.01. The molecule has 3 rings (SSSR count). The summed E-state index contributed by atoms with van der Waals surface area (Å²) in [5, 5.41) is 18.0. The Bertz CT molecular complexity index is 832. The Kier molecular flexibility index (Phi) is 3.63. The van der Waals surface area contributed by atoms with Crippen LogP contribution in [0.2, 0.25) is 0 Å². The van der Waals surface area contributed by atoms with Gasteiger partial charge in [0.1, 0.15) is 11.4 Å². The van der Waals surface area contributed by atoms with Crippen LogP contribution in [-0.2, 0) is 0 Å². The van der Waals surface area contributed by atoms with Crippen molar-refractivity contribution in [3.05, 3.63) is 53.9 Å². The van der Waals surface area contributed by atoms with Gasteiger partial charge in [-0.1, -0.05) is 19.9 Å². The van der Waals surface area contributed by atoms with Gasteiger partial charge < -0.3 is 5.11 Å². The maximum atomic E-state index is 9.31. The number of benzene rings is 1. The number of hydrogen-bond donors (Lipinski definition) is 1. The van der Waals surface area contributed by atoms with Crippen molar-refractivity contribution >= 4 is 17.2 Å². The topological polar surface area (TPSA) is 62.2 Å². The van der Waals surface area contributed by atoms with E-state index in [-0.39, 0.29) is 11.7 Å². The SMILES string of the molecule is Cc1cccn2c(N=Nc3ccc(O)cc3)c(C(C)C)nc12. The van der Waals surface area contributed by atoms with Crippen molar-refractivity contribution in [3.8, 4) is 5.75 Å². The molecule has 0 unspecified atom stereocenters. The third-order valence-corrected chi connectivity index (χ3v) is 3.50. The van der Waals surface area contributed by atoms with Gasteiger partial charge in [-0.05, 0) is 48.7 Å². The highest BCUT2D eigenvalue weighted by molar-refractivity contribution is 5.57.